The van der Waals surface area contributed by atoms with Crippen LogP contribution in [0.3, 0.4) is 0 Å². The van der Waals surface area contributed by atoms with Gasteiger partial charge >= 0.3 is 0 Å². The molecule has 32 heavy (non-hydrogen) atoms. The first-order valence-electron chi connectivity index (χ1n) is 11.6. The number of halogens is 1. The van der Waals surface area contributed by atoms with Gasteiger partial charge in [0.05, 0.1) is 28.8 Å². The molecule has 7 heteroatoms. The summed E-state index contributed by atoms with van der Waals surface area (Å²) in [6.07, 6.45) is 13.1. The van der Waals surface area contributed by atoms with E-state index in [-0.39, 0.29) is 5.41 Å². The van der Waals surface area contributed by atoms with E-state index in [1.165, 1.54) is 25.7 Å². The number of ether oxygens (including phenoxy) is 1. The highest BCUT2D eigenvalue weighted by atomic mass is 35.5. The van der Waals surface area contributed by atoms with Crippen LogP contribution in [0.25, 0.3) is 11.1 Å². The Bertz CT molecular complexity index is 948. The minimum Gasteiger partial charge on any atom is -0.383 e. The van der Waals surface area contributed by atoms with Crippen LogP contribution in [-0.2, 0) is 11.2 Å². The summed E-state index contributed by atoms with van der Waals surface area (Å²) in [6, 6.07) is 7.19. The standard InChI is InChI=1S/C25H32ClN5O/c1-32-9-8-29-20-4-2-18(3-5-20)10-21-12-23(24(26)15-30-21)19-11-22(14-28-13-19)31-17-25(16-27)6-7-25/h11-15,18,20,29,31H,2-10,17H2,1H3. The number of rotatable bonds is 10. The molecule has 0 atom stereocenters. The first-order chi connectivity index (χ1) is 15.6. The largest absolute Gasteiger partial charge is 0.383 e. The van der Waals surface area contributed by atoms with Gasteiger partial charge in [0, 0.05) is 61.7 Å². The third kappa shape index (κ3) is 5.98. The van der Waals surface area contributed by atoms with Crippen LogP contribution < -0.4 is 10.6 Å². The number of nitriles is 1. The lowest BCUT2D eigenvalue weighted by Gasteiger charge is -2.29. The van der Waals surface area contributed by atoms with Crippen LogP contribution in [0.5, 0.6) is 0 Å². The van der Waals surface area contributed by atoms with Gasteiger partial charge in [0.25, 0.3) is 0 Å². The summed E-state index contributed by atoms with van der Waals surface area (Å²) in [6.45, 7) is 2.35. The molecule has 0 radical (unpaired) electrons. The van der Waals surface area contributed by atoms with Gasteiger partial charge in [0.15, 0.2) is 0 Å². The van der Waals surface area contributed by atoms with E-state index < -0.39 is 0 Å². The molecule has 0 amide bonds. The van der Waals surface area contributed by atoms with Crippen LogP contribution in [0.15, 0.2) is 30.7 Å². The smallest absolute Gasteiger partial charge is 0.0747 e. The summed E-state index contributed by atoms with van der Waals surface area (Å²) in [5, 5.41) is 16.9. The minimum absolute atomic E-state index is 0.199. The van der Waals surface area contributed by atoms with Crippen molar-refractivity contribution in [2.75, 3.05) is 32.1 Å². The molecule has 2 aliphatic rings. The molecule has 4 rings (SSSR count). The van der Waals surface area contributed by atoms with E-state index in [4.69, 9.17) is 16.3 Å². The number of hydrogen-bond acceptors (Lipinski definition) is 6. The van der Waals surface area contributed by atoms with Crippen molar-refractivity contribution >= 4 is 17.3 Å². The van der Waals surface area contributed by atoms with Gasteiger partial charge in [-0.15, -0.1) is 0 Å². The number of nitrogens with one attached hydrogen (secondary N) is 2. The molecule has 2 aromatic heterocycles. The molecule has 2 heterocycles. The molecule has 0 aromatic carbocycles. The van der Waals surface area contributed by atoms with Gasteiger partial charge in [-0.1, -0.05) is 11.6 Å². The fourth-order valence-electron chi connectivity index (χ4n) is 4.48. The van der Waals surface area contributed by atoms with Gasteiger partial charge in [-0.3, -0.25) is 9.97 Å². The Kier molecular flexibility index (Phi) is 7.62. The average molecular weight is 454 g/mol. The number of aromatic nitrogens is 2. The summed E-state index contributed by atoms with van der Waals surface area (Å²) in [5.41, 5.74) is 3.73. The van der Waals surface area contributed by atoms with Crippen molar-refractivity contribution in [2.24, 2.45) is 11.3 Å². The Balaban J connectivity index is 1.37. The predicted molar refractivity (Wildman–Crippen MR) is 128 cm³/mol. The zero-order valence-electron chi connectivity index (χ0n) is 18.7. The number of methoxy groups -OCH3 is 1. The van der Waals surface area contributed by atoms with Crippen molar-refractivity contribution in [1.82, 2.24) is 15.3 Å². The quantitative estimate of drug-likeness (QED) is 0.500. The maximum atomic E-state index is 9.29. The average Bonchev–Trinajstić information content (AvgIpc) is 3.61. The first kappa shape index (κ1) is 23.0. The molecule has 6 nitrogen and oxygen atoms in total. The zero-order chi connectivity index (χ0) is 22.4. The fourth-order valence-corrected chi connectivity index (χ4v) is 4.69. The van der Waals surface area contributed by atoms with Gasteiger partial charge < -0.3 is 15.4 Å². The summed E-state index contributed by atoms with van der Waals surface area (Å²) in [5.74, 6) is 0.656. The second-order valence-electron chi connectivity index (χ2n) is 9.23. The lowest BCUT2D eigenvalue weighted by molar-refractivity contribution is 0.188. The van der Waals surface area contributed by atoms with Gasteiger partial charge in [-0.25, -0.2) is 0 Å². The van der Waals surface area contributed by atoms with E-state index in [2.05, 4.69) is 38.8 Å². The second-order valence-corrected chi connectivity index (χ2v) is 9.64. The van der Waals surface area contributed by atoms with Crippen LogP contribution in [0, 0.1) is 22.7 Å². The normalized spacial score (nSPS) is 21.7. The highest BCUT2D eigenvalue weighted by molar-refractivity contribution is 6.33. The highest BCUT2D eigenvalue weighted by Gasteiger charge is 2.42. The van der Waals surface area contributed by atoms with Crippen molar-refractivity contribution in [3.05, 3.63) is 41.4 Å². The summed E-state index contributed by atoms with van der Waals surface area (Å²) in [7, 11) is 1.74. The fraction of sp³-hybridized carbons (Fsp3) is 0.560. The molecule has 2 N–H and O–H groups in total. The summed E-state index contributed by atoms with van der Waals surface area (Å²) in [4.78, 5) is 9.01. The SMILES string of the molecule is COCCNC1CCC(Cc2cc(-c3cncc(NCC4(C#N)CC4)c3)c(Cl)cn2)CC1. The lowest BCUT2D eigenvalue weighted by atomic mass is 9.83. The molecule has 0 aliphatic heterocycles. The van der Waals surface area contributed by atoms with Crippen LogP contribution in [0.4, 0.5) is 5.69 Å². The third-order valence-corrected chi connectivity index (χ3v) is 7.07. The van der Waals surface area contributed by atoms with Crippen molar-refractivity contribution in [2.45, 2.75) is 51.0 Å². The van der Waals surface area contributed by atoms with Crippen LogP contribution in [0.2, 0.25) is 5.02 Å². The molecule has 0 unspecified atom stereocenters. The molecule has 0 spiro atoms. The molecular weight excluding hydrogens is 422 g/mol. The van der Waals surface area contributed by atoms with E-state index in [0.717, 1.165) is 54.9 Å². The highest BCUT2D eigenvalue weighted by Crippen LogP contribution is 2.44. The van der Waals surface area contributed by atoms with E-state index in [9.17, 15) is 5.26 Å². The maximum Gasteiger partial charge on any atom is 0.0747 e. The molecule has 2 aromatic rings. The molecule has 0 bridgehead atoms. The van der Waals surface area contributed by atoms with Crippen LogP contribution in [0.1, 0.15) is 44.2 Å². The van der Waals surface area contributed by atoms with Gasteiger partial charge in [0.1, 0.15) is 0 Å². The Morgan fingerprint density at radius 3 is 2.72 bits per heavy atom. The number of anilines is 1. The molecule has 0 saturated heterocycles. The van der Waals surface area contributed by atoms with Crippen LogP contribution in [-0.4, -0.2) is 42.8 Å². The lowest BCUT2D eigenvalue weighted by Crippen LogP contribution is -2.35. The second kappa shape index (κ2) is 10.6. The van der Waals surface area contributed by atoms with E-state index >= 15 is 0 Å². The maximum absolute atomic E-state index is 9.29. The minimum atomic E-state index is -0.199. The monoisotopic (exact) mass is 453 g/mol. The van der Waals surface area contributed by atoms with E-state index in [1.54, 1.807) is 19.5 Å². The van der Waals surface area contributed by atoms with Gasteiger partial charge in [0.2, 0.25) is 0 Å². The Morgan fingerprint density at radius 2 is 2.00 bits per heavy atom. The van der Waals surface area contributed by atoms with Crippen molar-refractivity contribution in [1.29, 1.82) is 5.26 Å². The summed E-state index contributed by atoms with van der Waals surface area (Å²) >= 11 is 6.52. The first-order valence-corrected chi connectivity index (χ1v) is 12.0. The van der Waals surface area contributed by atoms with E-state index in [0.29, 0.717) is 23.5 Å². The number of pyridine rings is 2. The molecule has 170 valence electrons. The predicted octanol–water partition coefficient (Wildman–Crippen LogP) is 4.85. The Hall–Kier alpha value is -2.20. The third-order valence-electron chi connectivity index (χ3n) is 6.77. The summed E-state index contributed by atoms with van der Waals surface area (Å²) < 4.78 is 5.13. The van der Waals surface area contributed by atoms with Crippen molar-refractivity contribution < 1.29 is 4.74 Å². The number of hydrogen-bond donors (Lipinski definition) is 2. The van der Waals surface area contributed by atoms with Crippen molar-refractivity contribution in [3.8, 4) is 17.2 Å². The Labute approximate surface area is 195 Å². The van der Waals surface area contributed by atoms with Gasteiger partial charge in [-0.2, -0.15) is 5.26 Å². The Morgan fingerprint density at radius 1 is 1.19 bits per heavy atom. The van der Waals surface area contributed by atoms with Crippen LogP contribution >= 0.6 is 11.6 Å². The molecule has 2 saturated carbocycles. The zero-order valence-corrected chi connectivity index (χ0v) is 19.5. The number of nitrogens with zero attached hydrogens (tertiary/aromatic N) is 3. The molecule has 2 fully saturated rings. The topological polar surface area (TPSA) is 82.9 Å². The van der Waals surface area contributed by atoms with E-state index in [1.807, 2.05) is 6.20 Å². The van der Waals surface area contributed by atoms with Crippen molar-refractivity contribution in [3.63, 3.8) is 0 Å². The van der Waals surface area contributed by atoms with Gasteiger partial charge in [-0.05, 0) is 63.0 Å². The molecular formula is C25H32ClN5O. The molecule has 2 aliphatic carbocycles.